The first-order chi connectivity index (χ1) is 9.29. The highest BCUT2D eigenvalue weighted by molar-refractivity contribution is 5.91. The minimum Gasteiger partial charge on any atom is -0.379 e. The van der Waals surface area contributed by atoms with E-state index in [-0.39, 0.29) is 11.6 Å². The number of hydrogen-bond donors (Lipinski definition) is 3. The van der Waals surface area contributed by atoms with E-state index in [0.29, 0.717) is 12.4 Å². The summed E-state index contributed by atoms with van der Waals surface area (Å²) in [4.78, 5) is 21.9. The van der Waals surface area contributed by atoms with Crippen LogP contribution < -0.4 is 16.6 Å². The molecule has 0 aromatic carbocycles. The molecule has 0 atom stereocenters. The zero-order chi connectivity index (χ0) is 13.5. The van der Waals surface area contributed by atoms with Crippen LogP contribution in [-0.4, -0.2) is 60.2 Å². The van der Waals surface area contributed by atoms with Crippen molar-refractivity contribution in [3.8, 4) is 0 Å². The van der Waals surface area contributed by atoms with E-state index in [4.69, 9.17) is 10.6 Å². The van der Waals surface area contributed by atoms with Crippen molar-refractivity contribution in [3.63, 3.8) is 0 Å². The van der Waals surface area contributed by atoms with Gasteiger partial charge in [-0.3, -0.25) is 9.69 Å². The minimum atomic E-state index is -0.232. The smallest absolute Gasteiger partial charge is 0.271 e. The van der Waals surface area contributed by atoms with Gasteiger partial charge in [-0.25, -0.2) is 15.8 Å². The number of nitrogens with one attached hydrogen (secondary N) is 2. The van der Waals surface area contributed by atoms with Crippen LogP contribution in [0, 0.1) is 0 Å². The lowest BCUT2D eigenvalue weighted by molar-refractivity contribution is 0.0383. The summed E-state index contributed by atoms with van der Waals surface area (Å²) in [5.41, 5.74) is 2.63. The summed E-state index contributed by atoms with van der Waals surface area (Å²) in [7, 11) is 0. The molecular formula is C11H18N6O2. The van der Waals surface area contributed by atoms with Crippen molar-refractivity contribution in [3.05, 3.63) is 18.1 Å². The number of anilines is 1. The number of aromatic nitrogens is 2. The summed E-state index contributed by atoms with van der Waals surface area (Å²) in [6.07, 6.45) is 2.80. The molecule has 1 aliphatic heterocycles. The van der Waals surface area contributed by atoms with Crippen molar-refractivity contribution in [2.24, 2.45) is 5.84 Å². The predicted molar refractivity (Wildman–Crippen MR) is 69.4 cm³/mol. The molecule has 0 bridgehead atoms. The summed E-state index contributed by atoms with van der Waals surface area (Å²) in [6.45, 7) is 4.72. The fourth-order valence-electron chi connectivity index (χ4n) is 1.76. The first kappa shape index (κ1) is 13.7. The Labute approximate surface area is 111 Å². The van der Waals surface area contributed by atoms with Gasteiger partial charge in [-0.15, -0.1) is 0 Å². The Morgan fingerprint density at radius 1 is 1.37 bits per heavy atom. The Kier molecular flexibility index (Phi) is 5.01. The Hall–Kier alpha value is -1.77. The molecule has 0 aliphatic carbocycles. The Balaban J connectivity index is 1.73. The largest absolute Gasteiger partial charge is 0.379 e. The van der Waals surface area contributed by atoms with Gasteiger partial charge in [-0.05, 0) is 0 Å². The van der Waals surface area contributed by atoms with Crippen molar-refractivity contribution < 1.29 is 9.53 Å². The van der Waals surface area contributed by atoms with E-state index in [0.717, 1.165) is 32.8 Å². The van der Waals surface area contributed by atoms with Crippen molar-refractivity contribution in [2.45, 2.75) is 0 Å². The van der Waals surface area contributed by atoms with E-state index in [1.807, 2.05) is 0 Å². The molecule has 0 radical (unpaired) electrons. The lowest BCUT2D eigenvalue weighted by atomic mass is 10.4. The number of hydrazine groups is 1. The highest BCUT2D eigenvalue weighted by atomic mass is 16.5. The van der Waals surface area contributed by atoms with Crippen LogP contribution in [0.25, 0.3) is 0 Å². The molecule has 1 aromatic heterocycles. The highest BCUT2D eigenvalue weighted by Crippen LogP contribution is 1.99. The highest BCUT2D eigenvalue weighted by Gasteiger charge is 2.11. The minimum absolute atomic E-state index is 0.232. The number of hydrogen-bond acceptors (Lipinski definition) is 7. The van der Waals surface area contributed by atoms with Crippen LogP contribution in [-0.2, 0) is 4.74 Å². The maximum Gasteiger partial charge on any atom is 0.271 e. The number of rotatable bonds is 5. The van der Waals surface area contributed by atoms with Crippen LogP contribution in [0.5, 0.6) is 0 Å². The second-order valence-electron chi connectivity index (χ2n) is 4.14. The lowest BCUT2D eigenvalue weighted by Crippen LogP contribution is -2.41. The quantitative estimate of drug-likeness (QED) is 0.455. The molecule has 1 amide bonds. The van der Waals surface area contributed by atoms with Gasteiger partial charge >= 0.3 is 0 Å². The first-order valence-corrected chi connectivity index (χ1v) is 6.16. The van der Waals surface area contributed by atoms with E-state index in [9.17, 15) is 4.79 Å². The number of nitrogen functional groups attached to an aromatic ring is 1. The van der Waals surface area contributed by atoms with E-state index >= 15 is 0 Å². The molecule has 104 valence electrons. The summed E-state index contributed by atoms with van der Waals surface area (Å²) >= 11 is 0. The maximum atomic E-state index is 11.8. The molecule has 2 heterocycles. The Morgan fingerprint density at radius 3 is 2.79 bits per heavy atom. The molecule has 1 fully saturated rings. The second-order valence-corrected chi connectivity index (χ2v) is 4.14. The zero-order valence-electron chi connectivity index (χ0n) is 10.6. The Morgan fingerprint density at radius 2 is 2.16 bits per heavy atom. The number of nitrogens with two attached hydrogens (primary N) is 1. The predicted octanol–water partition coefficient (Wildman–Crippen LogP) is -1.18. The molecule has 19 heavy (non-hydrogen) atoms. The van der Waals surface area contributed by atoms with Crippen LogP contribution in [0.2, 0.25) is 0 Å². The van der Waals surface area contributed by atoms with Gasteiger partial charge in [0.1, 0.15) is 5.69 Å². The van der Waals surface area contributed by atoms with Crippen LogP contribution in [0.15, 0.2) is 12.4 Å². The summed E-state index contributed by atoms with van der Waals surface area (Å²) in [5.74, 6) is 5.36. The molecule has 1 aliphatic rings. The summed E-state index contributed by atoms with van der Waals surface area (Å²) in [6, 6.07) is 0. The number of carbonyl (C=O) groups is 1. The van der Waals surface area contributed by atoms with Crippen molar-refractivity contribution in [1.29, 1.82) is 0 Å². The van der Waals surface area contributed by atoms with Gasteiger partial charge in [-0.1, -0.05) is 0 Å². The molecule has 1 aromatic rings. The van der Waals surface area contributed by atoms with Gasteiger partial charge < -0.3 is 15.5 Å². The Bertz CT molecular complexity index is 404. The normalized spacial score (nSPS) is 16.1. The van der Waals surface area contributed by atoms with E-state index in [1.165, 1.54) is 12.4 Å². The molecule has 8 nitrogen and oxygen atoms in total. The third kappa shape index (κ3) is 4.12. The fraction of sp³-hybridized carbons (Fsp3) is 0.545. The number of amides is 1. The average Bonchev–Trinajstić information content (AvgIpc) is 2.48. The van der Waals surface area contributed by atoms with Crippen LogP contribution >= 0.6 is 0 Å². The van der Waals surface area contributed by atoms with Crippen molar-refractivity contribution in [1.82, 2.24) is 20.2 Å². The van der Waals surface area contributed by atoms with Crippen LogP contribution in [0.3, 0.4) is 0 Å². The molecule has 2 rings (SSSR count). The number of ether oxygens (including phenoxy) is 1. The van der Waals surface area contributed by atoms with Gasteiger partial charge in [0.25, 0.3) is 5.91 Å². The van der Waals surface area contributed by atoms with E-state index in [2.05, 4.69) is 25.6 Å². The second kappa shape index (κ2) is 6.98. The summed E-state index contributed by atoms with van der Waals surface area (Å²) < 4.78 is 5.25. The topological polar surface area (TPSA) is 105 Å². The van der Waals surface area contributed by atoms with Gasteiger partial charge in [-0.2, -0.15) is 0 Å². The van der Waals surface area contributed by atoms with E-state index < -0.39 is 0 Å². The van der Waals surface area contributed by atoms with E-state index in [1.54, 1.807) is 0 Å². The van der Waals surface area contributed by atoms with Gasteiger partial charge in [0.15, 0.2) is 5.82 Å². The van der Waals surface area contributed by atoms with Crippen LogP contribution in [0.4, 0.5) is 5.82 Å². The third-order valence-electron chi connectivity index (χ3n) is 2.85. The van der Waals surface area contributed by atoms with Crippen molar-refractivity contribution in [2.75, 3.05) is 44.8 Å². The molecule has 4 N–H and O–H groups in total. The monoisotopic (exact) mass is 266 g/mol. The lowest BCUT2D eigenvalue weighted by Gasteiger charge is -2.26. The number of nitrogens with zero attached hydrogens (tertiary/aromatic N) is 3. The third-order valence-corrected chi connectivity index (χ3v) is 2.85. The van der Waals surface area contributed by atoms with Gasteiger partial charge in [0.2, 0.25) is 0 Å². The molecular weight excluding hydrogens is 248 g/mol. The summed E-state index contributed by atoms with van der Waals surface area (Å²) in [5, 5.41) is 2.81. The van der Waals surface area contributed by atoms with Crippen molar-refractivity contribution >= 4 is 11.7 Å². The molecule has 0 spiro atoms. The maximum absolute atomic E-state index is 11.8. The molecule has 0 unspecified atom stereocenters. The molecule has 0 saturated carbocycles. The number of carbonyl (C=O) groups excluding carboxylic acids is 1. The van der Waals surface area contributed by atoms with Gasteiger partial charge in [0.05, 0.1) is 25.6 Å². The molecule has 1 saturated heterocycles. The fourth-order valence-corrected chi connectivity index (χ4v) is 1.76. The standard InChI is InChI=1S/C11H18N6O2/c12-16-10-8-14-9(7-15-10)11(18)13-1-2-17-3-5-19-6-4-17/h7-8H,1-6,12H2,(H,13,18)(H,15,16). The number of morpholine rings is 1. The zero-order valence-corrected chi connectivity index (χ0v) is 10.6. The van der Waals surface area contributed by atoms with Gasteiger partial charge in [0, 0.05) is 26.2 Å². The van der Waals surface area contributed by atoms with Crippen LogP contribution in [0.1, 0.15) is 10.5 Å². The molecule has 8 heteroatoms. The first-order valence-electron chi connectivity index (χ1n) is 6.16. The SMILES string of the molecule is NNc1cnc(C(=O)NCCN2CCOCC2)cn1. The average molecular weight is 266 g/mol.